The average molecular weight is 282 g/mol. The molecule has 3 unspecified atom stereocenters. The molecule has 4 rings (SSSR count). The molecule has 1 aromatic carbocycles. The Balaban J connectivity index is 1.28. The average Bonchev–Trinajstić information content (AvgIpc) is 3.24. The van der Waals surface area contributed by atoms with Crippen molar-refractivity contribution in [2.24, 2.45) is 17.8 Å². The lowest BCUT2D eigenvalue weighted by Gasteiger charge is -2.19. The SMILES string of the molecule is C1=CC2CC1CC2CNc1ccc(CN2CCCC2)cc1. The maximum atomic E-state index is 3.64. The second kappa shape index (κ2) is 5.84. The third-order valence-corrected chi connectivity index (χ3v) is 5.54. The van der Waals surface area contributed by atoms with E-state index in [1.165, 1.54) is 50.0 Å². The Morgan fingerprint density at radius 1 is 1.00 bits per heavy atom. The van der Waals surface area contributed by atoms with E-state index >= 15 is 0 Å². The molecule has 1 aromatic rings. The van der Waals surface area contributed by atoms with Gasteiger partial charge in [0.1, 0.15) is 0 Å². The smallest absolute Gasteiger partial charge is 0.0340 e. The van der Waals surface area contributed by atoms with Gasteiger partial charge in [0.15, 0.2) is 0 Å². The summed E-state index contributed by atoms with van der Waals surface area (Å²) < 4.78 is 0. The first-order valence-electron chi connectivity index (χ1n) is 8.60. The minimum absolute atomic E-state index is 0.844. The number of likely N-dealkylation sites (tertiary alicyclic amines) is 1. The Kier molecular flexibility index (Phi) is 3.72. The molecule has 2 bridgehead atoms. The van der Waals surface area contributed by atoms with Gasteiger partial charge in [-0.1, -0.05) is 24.3 Å². The van der Waals surface area contributed by atoms with Gasteiger partial charge in [0.05, 0.1) is 0 Å². The summed E-state index contributed by atoms with van der Waals surface area (Å²) in [7, 11) is 0. The lowest BCUT2D eigenvalue weighted by Crippen LogP contribution is -2.19. The Bertz CT molecular complexity index is 499. The number of hydrogen-bond acceptors (Lipinski definition) is 2. The van der Waals surface area contributed by atoms with Crippen LogP contribution in [-0.4, -0.2) is 24.5 Å². The number of allylic oxidation sites excluding steroid dienone is 2. The van der Waals surface area contributed by atoms with Crippen molar-refractivity contribution >= 4 is 5.69 Å². The highest BCUT2D eigenvalue weighted by Crippen LogP contribution is 2.43. The number of anilines is 1. The van der Waals surface area contributed by atoms with Crippen LogP contribution in [0.25, 0.3) is 0 Å². The highest BCUT2D eigenvalue weighted by Gasteiger charge is 2.35. The van der Waals surface area contributed by atoms with Crippen molar-refractivity contribution in [3.05, 3.63) is 42.0 Å². The first kappa shape index (κ1) is 13.4. The molecule has 1 aliphatic heterocycles. The molecule has 1 N–H and O–H groups in total. The molecule has 1 saturated heterocycles. The van der Waals surface area contributed by atoms with Gasteiger partial charge in [-0.05, 0) is 74.2 Å². The molecule has 0 spiro atoms. The number of rotatable bonds is 5. The predicted molar refractivity (Wildman–Crippen MR) is 88.3 cm³/mol. The fraction of sp³-hybridized carbons (Fsp3) is 0.579. The minimum atomic E-state index is 0.844. The van der Waals surface area contributed by atoms with E-state index < -0.39 is 0 Å². The van der Waals surface area contributed by atoms with E-state index in [9.17, 15) is 0 Å². The third kappa shape index (κ3) is 3.01. The van der Waals surface area contributed by atoms with Crippen molar-refractivity contribution in [1.29, 1.82) is 0 Å². The second-order valence-corrected chi connectivity index (χ2v) is 7.10. The van der Waals surface area contributed by atoms with Crippen molar-refractivity contribution in [3.63, 3.8) is 0 Å². The van der Waals surface area contributed by atoms with E-state index in [-0.39, 0.29) is 0 Å². The molecule has 0 amide bonds. The summed E-state index contributed by atoms with van der Waals surface area (Å²) >= 11 is 0. The van der Waals surface area contributed by atoms with Crippen LogP contribution < -0.4 is 5.32 Å². The van der Waals surface area contributed by atoms with Gasteiger partial charge < -0.3 is 5.32 Å². The lowest BCUT2D eigenvalue weighted by atomic mass is 9.93. The molecule has 3 aliphatic rings. The van der Waals surface area contributed by atoms with Gasteiger partial charge in [0.2, 0.25) is 0 Å². The van der Waals surface area contributed by atoms with Crippen LogP contribution in [0.2, 0.25) is 0 Å². The van der Waals surface area contributed by atoms with Gasteiger partial charge in [0.25, 0.3) is 0 Å². The van der Waals surface area contributed by atoms with Crippen LogP contribution in [-0.2, 0) is 6.54 Å². The van der Waals surface area contributed by atoms with Crippen molar-refractivity contribution in [2.75, 3.05) is 25.0 Å². The molecule has 0 aromatic heterocycles. The van der Waals surface area contributed by atoms with Crippen molar-refractivity contribution in [2.45, 2.75) is 32.2 Å². The van der Waals surface area contributed by atoms with Crippen LogP contribution in [0.5, 0.6) is 0 Å². The Hall–Kier alpha value is -1.28. The normalized spacial score (nSPS) is 31.1. The summed E-state index contributed by atoms with van der Waals surface area (Å²) in [5.74, 6) is 2.57. The maximum absolute atomic E-state index is 3.64. The largest absolute Gasteiger partial charge is 0.385 e. The van der Waals surface area contributed by atoms with Crippen molar-refractivity contribution < 1.29 is 0 Å². The maximum Gasteiger partial charge on any atom is 0.0340 e. The zero-order chi connectivity index (χ0) is 14.1. The Labute approximate surface area is 128 Å². The van der Waals surface area contributed by atoms with E-state index in [0.29, 0.717) is 0 Å². The highest BCUT2D eigenvalue weighted by molar-refractivity contribution is 5.44. The fourth-order valence-corrected chi connectivity index (χ4v) is 4.31. The Morgan fingerprint density at radius 2 is 1.81 bits per heavy atom. The van der Waals surface area contributed by atoms with Crippen LogP contribution >= 0.6 is 0 Å². The highest BCUT2D eigenvalue weighted by atomic mass is 15.1. The first-order chi connectivity index (χ1) is 10.4. The number of fused-ring (bicyclic) bond motifs is 2. The van der Waals surface area contributed by atoms with Crippen LogP contribution in [0.1, 0.15) is 31.2 Å². The van der Waals surface area contributed by atoms with Gasteiger partial charge in [0, 0.05) is 18.8 Å². The van der Waals surface area contributed by atoms with E-state index in [1.54, 1.807) is 0 Å². The van der Waals surface area contributed by atoms with E-state index in [1.807, 2.05) is 0 Å². The zero-order valence-electron chi connectivity index (χ0n) is 12.8. The first-order valence-corrected chi connectivity index (χ1v) is 8.60. The van der Waals surface area contributed by atoms with Crippen LogP contribution in [0, 0.1) is 17.8 Å². The molecule has 2 heteroatoms. The molecule has 3 atom stereocenters. The van der Waals surface area contributed by atoms with Crippen molar-refractivity contribution in [1.82, 2.24) is 4.90 Å². The van der Waals surface area contributed by atoms with E-state index in [2.05, 4.69) is 46.6 Å². The molecule has 1 saturated carbocycles. The number of hydrogen-bond donors (Lipinski definition) is 1. The third-order valence-electron chi connectivity index (χ3n) is 5.54. The summed E-state index contributed by atoms with van der Waals surface area (Å²) in [6.45, 7) is 4.81. The molecule has 2 fully saturated rings. The number of benzene rings is 1. The summed E-state index contributed by atoms with van der Waals surface area (Å²) in [6.07, 6.45) is 10.4. The summed E-state index contributed by atoms with van der Waals surface area (Å²) in [6, 6.07) is 9.10. The second-order valence-electron chi connectivity index (χ2n) is 7.10. The minimum Gasteiger partial charge on any atom is -0.385 e. The van der Waals surface area contributed by atoms with Crippen molar-refractivity contribution in [3.8, 4) is 0 Å². The molecule has 2 nitrogen and oxygen atoms in total. The predicted octanol–water partition coefficient (Wildman–Crippen LogP) is 3.91. The molecular weight excluding hydrogens is 256 g/mol. The standard InChI is InChI=1S/C19H26N2/c1-2-10-21(9-1)14-15-4-7-19(8-5-15)20-13-18-12-16-3-6-17(18)11-16/h3-8,16-18,20H,1-2,9-14H2. The monoisotopic (exact) mass is 282 g/mol. The summed E-state index contributed by atoms with van der Waals surface area (Å²) in [5.41, 5.74) is 2.73. The lowest BCUT2D eigenvalue weighted by molar-refractivity contribution is 0.331. The molecule has 1 heterocycles. The van der Waals surface area contributed by atoms with Gasteiger partial charge >= 0.3 is 0 Å². The van der Waals surface area contributed by atoms with Crippen LogP contribution in [0.15, 0.2) is 36.4 Å². The summed E-state index contributed by atoms with van der Waals surface area (Å²) in [4.78, 5) is 2.56. The number of nitrogens with one attached hydrogen (secondary N) is 1. The molecule has 0 radical (unpaired) electrons. The van der Waals surface area contributed by atoms with Gasteiger partial charge in [-0.25, -0.2) is 0 Å². The molecule has 21 heavy (non-hydrogen) atoms. The molecule has 2 aliphatic carbocycles. The molecular formula is C19H26N2. The van der Waals surface area contributed by atoms with E-state index in [0.717, 1.165) is 30.8 Å². The van der Waals surface area contributed by atoms with Gasteiger partial charge in [-0.2, -0.15) is 0 Å². The van der Waals surface area contributed by atoms with Gasteiger partial charge in [-0.3, -0.25) is 4.90 Å². The fourth-order valence-electron chi connectivity index (χ4n) is 4.31. The Morgan fingerprint density at radius 3 is 2.48 bits per heavy atom. The van der Waals surface area contributed by atoms with E-state index in [4.69, 9.17) is 0 Å². The topological polar surface area (TPSA) is 15.3 Å². The van der Waals surface area contributed by atoms with Crippen LogP contribution in [0.3, 0.4) is 0 Å². The van der Waals surface area contributed by atoms with Gasteiger partial charge in [-0.15, -0.1) is 0 Å². The number of nitrogens with zero attached hydrogens (tertiary/aromatic N) is 1. The van der Waals surface area contributed by atoms with Crippen LogP contribution in [0.4, 0.5) is 5.69 Å². The quantitative estimate of drug-likeness (QED) is 0.824. The summed E-state index contributed by atoms with van der Waals surface area (Å²) in [5, 5.41) is 3.64. The molecule has 112 valence electrons. The zero-order valence-corrected chi connectivity index (χ0v) is 12.8.